The van der Waals surface area contributed by atoms with Gasteiger partial charge in [0, 0.05) is 17.2 Å². The van der Waals surface area contributed by atoms with E-state index in [0.29, 0.717) is 16.1 Å². The monoisotopic (exact) mass is 257 g/mol. The standard InChI is InChI=1S/C11H12ClNO4/c1-3-17-10(14)6-8-5-9(13(15)16)4-7(2)11(8)12/h4-5H,3,6H2,1-2H3. The Kier molecular flexibility index (Phi) is 4.45. The van der Waals surface area contributed by atoms with Gasteiger partial charge in [-0.05, 0) is 25.0 Å². The molecule has 0 aromatic heterocycles. The molecular weight excluding hydrogens is 246 g/mol. The zero-order chi connectivity index (χ0) is 13.0. The van der Waals surface area contributed by atoms with Crippen LogP contribution in [-0.2, 0) is 16.0 Å². The largest absolute Gasteiger partial charge is 0.466 e. The molecule has 0 aliphatic heterocycles. The molecule has 0 atom stereocenters. The van der Waals surface area contributed by atoms with Crippen molar-refractivity contribution < 1.29 is 14.5 Å². The molecule has 17 heavy (non-hydrogen) atoms. The van der Waals surface area contributed by atoms with Crippen LogP contribution in [0.2, 0.25) is 5.02 Å². The van der Waals surface area contributed by atoms with Crippen LogP contribution >= 0.6 is 11.6 Å². The normalized spacial score (nSPS) is 10.1. The van der Waals surface area contributed by atoms with Gasteiger partial charge in [-0.2, -0.15) is 0 Å². The summed E-state index contributed by atoms with van der Waals surface area (Å²) in [5, 5.41) is 11.0. The minimum Gasteiger partial charge on any atom is -0.466 e. The van der Waals surface area contributed by atoms with Crippen LogP contribution in [0.1, 0.15) is 18.1 Å². The lowest BCUT2D eigenvalue weighted by Crippen LogP contribution is -2.08. The maximum atomic E-state index is 11.3. The number of non-ortho nitro benzene ring substituents is 1. The summed E-state index contributed by atoms with van der Waals surface area (Å²) >= 11 is 5.98. The Hall–Kier alpha value is -1.62. The first kappa shape index (κ1) is 13.4. The van der Waals surface area contributed by atoms with Crippen molar-refractivity contribution in [3.63, 3.8) is 0 Å². The molecule has 0 saturated heterocycles. The zero-order valence-corrected chi connectivity index (χ0v) is 10.3. The highest BCUT2D eigenvalue weighted by Gasteiger charge is 2.15. The smallest absolute Gasteiger partial charge is 0.310 e. The van der Waals surface area contributed by atoms with Crippen molar-refractivity contribution in [3.05, 3.63) is 38.4 Å². The zero-order valence-electron chi connectivity index (χ0n) is 9.53. The number of rotatable bonds is 4. The average Bonchev–Trinajstić information content (AvgIpc) is 2.24. The predicted molar refractivity (Wildman–Crippen MR) is 63.2 cm³/mol. The minimum atomic E-state index is -0.516. The Balaban J connectivity index is 3.05. The van der Waals surface area contributed by atoms with Gasteiger partial charge < -0.3 is 4.74 Å². The summed E-state index contributed by atoms with van der Waals surface area (Å²) in [5.74, 6) is -0.450. The summed E-state index contributed by atoms with van der Waals surface area (Å²) in [6.07, 6.45) is -0.0603. The van der Waals surface area contributed by atoms with Crippen molar-refractivity contribution >= 4 is 23.3 Å². The van der Waals surface area contributed by atoms with E-state index in [1.165, 1.54) is 12.1 Å². The number of carbonyl (C=O) groups excluding carboxylic acids is 1. The van der Waals surface area contributed by atoms with Crippen LogP contribution in [-0.4, -0.2) is 17.5 Å². The number of nitro groups is 1. The SMILES string of the molecule is CCOC(=O)Cc1cc([N+](=O)[O-])cc(C)c1Cl. The van der Waals surface area contributed by atoms with Crippen molar-refractivity contribution in [1.29, 1.82) is 0 Å². The third-order valence-electron chi connectivity index (χ3n) is 2.17. The van der Waals surface area contributed by atoms with E-state index in [9.17, 15) is 14.9 Å². The number of aryl methyl sites for hydroxylation is 1. The van der Waals surface area contributed by atoms with Gasteiger partial charge in [0.05, 0.1) is 18.0 Å². The summed E-state index contributed by atoms with van der Waals surface area (Å²) in [7, 11) is 0. The Morgan fingerprint density at radius 1 is 1.53 bits per heavy atom. The molecule has 92 valence electrons. The lowest BCUT2D eigenvalue weighted by atomic mass is 10.1. The van der Waals surface area contributed by atoms with E-state index in [1.54, 1.807) is 13.8 Å². The van der Waals surface area contributed by atoms with Gasteiger partial charge >= 0.3 is 5.97 Å². The third kappa shape index (κ3) is 3.42. The lowest BCUT2D eigenvalue weighted by Gasteiger charge is -2.06. The molecule has 0 radical (unpaired) electrons. The van der Waals surface area contributed by atoms with Crippen molar-refractivity contribution in [1.82, 2.24) is 0 Å². The van der Waals surface area contributed by atoms with E-state index < -0.39 is 10.9 Å². The minimum absolute atomic E-state index is 0.0603. The van der Waals surface area contributed by atoms with Gasteiger partial charge in [0.15, 0.2) is 0 Å². The number of ether oxygens (including phenoxy) is 1. The van der Waals surface area contributed by atoms with Crippen LogP contribution < -0.4 is 0 Å². The number of nitrogens with zero attached hydrogens (tertiary/aromatic N) is 1. The second-order valence-corrected chi connectivity index (χ2v) is 3.85. The highest BCUT2D eigenvalue weighted by Crippen LogP contribution is 2.27. The molecule has 0 heterocycles. The highest BCUT2D eigenvalue weighted by atomic mass is 35.5. The fourth-order valence-corrected chi connectivity index (χ4v) is 1.60. The molecule has 1 rings (SSSR count). The molecular formula is C11H12ClNO4. The lowest BCUT2D eigenvalue weighted by molar-refractivity contribution is -0.385. The maximum Gasteiger partial charge on any atom is 0.310 e. The fourth-order valence-electron chi connectivity index (χ4n) is 1.42. The molecule has 0 fully saturated rings. The van der Waals surface area contributed by atoms with Gasteiger partial charge in [-0.15, -0.1) is 0 Å². The van der Waals surface area contributed by atoms with E-state index in [0.717, 1.165) is 0 Å². The molecule has 6 heteroatoms. The summed E-state index contributed by atoms with van der Waals surface area (Å²) in [6, 6.07) is 2.67. The second kappa shape index (κ2) is 5.63. The summed E-state index contributed by atoms with van der Waals surface area (Å²) < 4.78 is 4.77. The number of hydrogen-bond acceptors (Lipinski definition) is 4. The fraction of sp³-hybridized carbons (Fsp3) is 0.364. The molecule has 0 bridgehead atoms. The topological polar surface area (TPSA) is 69.4 Å². The number of esters is 1. The van der Waals surface area contributed by atoms with E-state index in [1.807, 2.05) is 0 Å². The number of carbonyl (C=O) groups is 1. The Morgan fingerprint density at radius 3 is 2.71 bits per heavy atom. The first-order valence-electron chi connectivity index (χ1n) is 5.04. The van der Waals surface area contributed by atoms with Gasteiger partial charge in [0.2, 0.25) is 0 Å². The van der Waals surface area contributed by atoms with Crippen LogP contribution in [0.3, 0.4) is 0 Å². The van der Waals surface area contributed by atoms with Crippen LogP contribution in [0.4, 0.5) is 5.69 Å². The molecule has 0 saturated carbocycles. The first-order valence-corrected chi connectivity index (χ1v) is 5.42. The Labute approximate surface area is 103 Å². The van der Waals surface area contributed by atoms with Gasteiger partial charge in [0.25, 0.3) is 5.69 Å². The quantitative estimate of drug-likeness (QED) is 0.472. The molecule has 0 spiro atoms. The van der Waals surface area contributed by atoms with Crippen LogP contribution in [0.5, 0.6) is 0 Å². The number of benzene rings is 1. The number of hydrogen-bond donors (Lipinski definition) is 0. The van der Waals surface area contributed by atoms with Crippen LogP contribution in [0.15, 0.2) is 12.1 Å². The van der Waals surface area contributed by atoms with Gasteiger partial charge in [0.1, 0.15) is 0 Å². The first-order chi connectivity index (χ1) is 7.95. The third-order valence-corrected chi connectivity index (χ3v) is 2.71. The van der Waals surface area contributed by atoms with E-state index in [2.05, 4.69) is 0 Å². The second-order valence-electron chi connectivity index (χ2n) is 3.47. The Bertz CT molecular complexity index is 459. The van der Waals surface area contributed by atoms with E-state index >= 15 is 0 Å². The van der Waals surface area contributed by atoms with Gasteiger partial charge in [-0.3, -0.25) is 14.9 Å². The molecule has 0 aliphatic rings. The summed E-state index contributed by atoms with van der Waals surface area (Å²) in [4.78, 5) is 21.5. The summed E-state index contributed by atoms with van der Waals surface area (Å²) in [5.41, 5.74) is 0.906. The Morgan fingerprint density at radius 2 is 2.18 bits per heavy atom. The van der Waals surface area contributed by atoms with Crippen molar-refractivity contribution in [2.24, 2.45) is 0 Å². The number of nitro benzene ring substituents is 1. The molecule has 0 aliphatic carbocycles. The molecule has 0 unspecified atom stereocenters. The van der Waals surface area contributed by atoms with Crippen molar-refractivity contribution in [2.45, 2.75) is 20.3 Å². The number of halogens is 1. The molecule has 5 nitrogen and oxygen atoms in total. The maximum absolute atomic E-state index is 11.3. The van der Waals surface area contributed by atoms with Gasteiger partial charge in [-0.25, -0.2) is 0 Å². The molecule has 0 amide bonds. The van der Waals surface area contributed by atoms with Crippen molar-refractivity contribution in [3.8, 4) is 0 Å². The summed E-state index contributed by atoms with van der Waals surface area (Å²) in [6.45, 7) is 3.62. The average molecular weight is 258 g/mol. The predicted octanol–water partition coefficient (Wildman–Crippen LogP) is 2.66. The molecule has 1 aromatic carbocycles. The highest BCUT2D eigenvalue weighted by molar-refractivity contribution is 6.32. The molecule has 1 aromatic rings. The van der Waals surface area contributed by atoms with E-state index in [-0.39, 0.29) is 18.7 Å². The van der Waals surface area contributed by atoms with Crippen LogP contribution in [0, 0.1) is 17.0 Å². The van der Waals surface area contributed by atoms with Crippen molar-refractivity contribution in [2.75, 3.05) is 6.61 Å². The van der Waals surface area contributed by atoms with E-state index in [4.69, 9.17) is 16.3 Å². The van der Waals surface area contributed by atoms with Gasteiger partial charge in [-0.1, -0.05) is 11.6 Å². The van der Waals surface area contributed by atoms with Crippen LogP contribution in [0.25, 0.3) is 0 Å². The molecule has 0 N–H and O–H groups in total.